The van der Waals surface area contributed by atoms with Gasteiger partial charge in [-0.2, -0.15) is 0 Å². The Morgan fingerprint density at radius 3 is 2.88 bits per heavy atom. The number of anilines is 1. The van der Waals surface area contributed by atoms with Crippen molar-refractivity contribution in [1.82, 2.24) is 15.2 Å². The molecule has 0 saturated heterocycles. The molecule has 0 fully saturated rings. The highest BCUT2D eigenvalue weighted by molar-refractivity contribution is 5.93. The third-order valence-corrected chi connectivity index (χ3v) is 2.37. The first-order valence-corrected chi connectivity index (χ1v) is 5.31. The van der Waals surface area contributed by atoms with Gasteiger partial charge in [0.2, 0.25) is 0 Å². The van der Waals surface area contributed by atoms with E-state index in [1.54, 1.807) is 12.1 Å². The first kappa shape index (κ1) is 12.4. The fourth-order valence-corrected chi connectivity index (χ4v) is 1.16. The number of nitrogens with zero attached hydrogens (tertiary/aromatic N) is 2. The molecule has 5 nitrogen and oxygen atoms in total. The van der Waals surface area contributed by atoms with E-state index in [9.17, 15) is 4.79 Å². The molecule has 0 bridgehead atoms. The average molecular weight is 222 g/mol. The van der Waals surface area contributed by atoms with Crippen LogP contribution in [0.2, 0.25) is 0 Å². The van der Waals surface area contributed by atoms with Gasteiger partial charge in [0.25, 0.3) is 5.91 Å². The maximum atomic E-state index is 11.6. The van der Waals surface area contributed by atoms with Crippen LogP contribution in [0.3, 0.4) is 0 Å². The van der Waals surface area contributed by atoms with Crippen molar-refractivity contribution in [2.45, 2.75) is 6.92 Å². The van der Waals surface area contributed by atoms with E-state index in [-0.39, 0.29) is 5.91 Å². The molecule has 0 aliphatic carbocycles. The van der Waals surface area contributed by atoms with Crippen LogP contribution in [0.1, 0.15) is 17.3 Å². The summed E-state index contributed by atoms with van der Waals surface area (Å²) in [6.07, 6.45) is 1.48. The molecule has 5 heteroatoms. The van der Waals surface area contributed by atoms with Crippen molar-refractivity contribution < 1.29 is 4.79 Å². The summed E-state index contributed by atoms with van der Waals surface area (Å²) in [7, 11) is 2.01. The quantitative estimate of drug-likeness (QED) is 0.754. The Bertz CT molecular complexity index is 336. The maximum Gasteiger partial charge on any atom is 0.252 e. The lowest BCUT2D eigenvalue weighted by Crippen LogP contribution is -2.32. The van der Waals surface area contributed by atoms with Crippen molar-refractivity contribution in [1.29, 1.82) is 0 Å². The lowest BCUT2D eigenvalue weighted by molar-refractivity contribution is 0.0950. The summed E-state index contributed by atoms with van der Waals surface area (Å²) in [6, 6.07) is 3.29. The number of nitrogens with one attached hydrogen (secondary N) is 1. The van der Waals surface area contributed by atoms with E-state index in [4.69, 9.17) is 5.73 Å². The van der Waals surface area contributed by atoms with Crippen molar-refractivity contribution in [3.63, 3.8) is 0 Å². The van der Waals surface area contributed by atoms with E-state index in [1.807, 2.05) is 7.05 Å². The number of hydrogen-bond acceptors (Lipinski definition) is 4. The van der Waals surface area contributed by atoms with Gasteiger partial charge in [0.15, 0.2) is 0 Å². The highest BCUT2D eigenvalue weighted by Gasteiger charge is 2.04. The van der Waals surface area contributed by atoms with Crippen LogP contribution >= 0.6 is 0 Å². The average Bonchev–Trinajstić information content (AvgIpc) is 2.29. The molecule has 1 aromatic rings. The monoisotopic (exact) mass is 222 g/mol. The molecule has 0 radical (unpaired) electrons. The summed E-state index contributed by atoms with van der Waals surface area (Å²) in [4.78, 5) is 17.6. The van der Waals surface area contributed by atoms with Gasteiger partial charge in [-0.1, -0.05) is 6.92 Å². The third-order valence-electron chi connectivity index (χ3n) is 2.37. The highest BCUT2D eigenvalue weighted by Crippen LogP contribution is 2.00. The van der Waals surface area contributed by atoms with Gasteiger partial charge in [-0.05, 0) is 25.7 Å². The molecule has 0 unspecified atom stereocenters. The summed E-state index contributed by atoms with van der Waals surface area (Å²) in [6.45, 7) is 4.52. The second-order valence-electron chi connectivity index (χ2n) is 3.62. The van der Waals surface area contributed by atoms with E-state index < -0.39 is 0 Å². The van der Waals surface area contributed by atoms with Crippen LogP contribution in [0, 0.1) is 0 Å². The largest absolute Gasteiger partial charge is 0.384 e. The van der Waals surface area contributed by atoms with E-state index in [1.165, 1.54) is 6.20 Å². The number of hydrogen-bond donors (Lipinski definition) is 2. The molecule has 1 amide bonds. The van der Waals surface area contributed by atoms with Crippen molar-refractivity contribution in [3.05, 3.63) is 23.9 Å². The lowest BCUT2D eigenvalue weighted by atomic mass is 10.2. The van der Waals surface area contributed by atoms with E-state index in [0.29, 0.717) is 17.9 Å². The Balaban J connectivity index is 2.38. The Morgan fingerprint density at radius 2 is 2.31 bits per heavy atom. The molecule has 1 rings (SSSR count). The number of aromatic nitrogens is 1. The van der Waals surface area contributed by atoms with E-state index in [0.717, 1.165) is 13.1 Å². The number of nitrogens with two attached hydrogens (primary N) is 1. The van der Waals surface area contributed by atoms with Crippen molar-refractivity contribution in [2.24, 2.45) is 0 Å². The molecule has 0 aliphatic heterocycles. The molecule has 0 atom stereocenters. The molecular formula is C11H18N4O. The standard InChI is InChI=1S/C11H18N4O/c1-3-15(2)7-6-13-11(16)9-4-5-10(12)14-8-9/h4-5,8H,3,6-7H2,1-2H3,(H2,12,14)(H,13,16). The van der Waals surface area contributed by atoms with Gasteiger partial charge < -0.3 is 16.0 Å². The number of carbonyl (C=O) groups is 1. The van der Waals surface area contributed by atoms with Crippen LogP contribution in [0.25, 0.3) is 0 Å². The van der Waals surface area contributed by atoms with Gasteiger partial charge in [-0.25, -0.2) is 4.98 Å². The smallest absolute Gasteiger partial charge is 0.252 e. The fourth-order valence-electron chi connectivity index (χ4n) is 1.16. The van der Waals surface area contributed by atoms with E-state index in [2.05, 4.69) is 22.1 Å². The molecule has 3 N–H and O–H groups in total. The minimum atomic E-state index is -0.114. The van der Waals surface area contributed by atoms with Gasteiger partial charge in [-0.15, -0.1) is 0 Å². The number of nitrogen functional groups attached to an aromatic ring is 1. The van der Waals surface area contributed by atoms with Crippen LogP contribution in [0.5, 0.6) is 0 Å². The Kier molecular flexibility index (Phi) is 4.72. The van der Waals surface area contributed by atoms with Gasteiger partial charge in [0.05, 0.1) is 5.56 Å². The van der Waals surface area contributed by atoms with Crippen LogP contribution in [0.15, 0.2) is 18.3 Å². The Labute approximate surface area is 95.7 Å². The summed E-state index contributed by atoms with van der Waals surface area (Å²) in [5.41, 5.74) is 5.97. The first-order valence-electron chi connectivity index (χ1n) is 5.31. The summed E-state index contributed by atoms with van der Waals surface area (Å²) < 4.78 is 0. The molecule has 0 spiro atoms. The summed E-state index contributed by atoms with van der Waals surface area (Å²) in [5.74, 6) is 0.305. The van der Waals surface area contributed by atoms with Gasteiger partial charge in [0, 0.05) is 19.3 Å². The van der Waals surface area contributed by atoms with Crippen molar-refractivity contribution in [3.8, 4) is 0 Å². The molecule has 1 heterocycles. The SMILES string of the molecule is CCN(C)CCNC(=O)c1ccc(N)nc1. The predicted octanol–water partition coefficient (Wildman–Crippen LogP) is 0.345. The molecule has 0 saturated carbocycles. The van der Waals surface area contributed by atoms with Crippen molar-refractivity contribution in [2.75, 3.05) is 32.4 Å². The number of likely N-dealkylation sites (N-methyl/N-ethyl adjacent to an activating group) is 1. The fraction of sp³-hybridized carbons (Fsp3) is 0.455. The Hall–Kier alpha value is -1.62. The summed E-state index contributed by atoms with van der Waals surface area (Å²) in [5, 5.41) is 2.82. The lowest BCUT2D eigenvalue weighted by Gasteiger charge is -2.13. The molecular weight excluding hydrogens is 204 g/mol. The maximum absolute atomic E-state index is 11.6. The topological polar surface area (TPSA) is 71.2 Å². The van der Waals surface area contributed by atoms with E-state index >= 15 is 0 Å². The van der Waals surface area contributed by atoms with Crippen LogP contribution in [-0.2, 0) is 0 Å². The minimum absolute atomic E-state index is 0.114. The molecule has 0 aromatic carbocycles. The Morgan fingerprint density at radius 1 is 1.56 bits per heavy atom. The zero-order chi connectivity index (χ0) is 12.0. The molecule has 16 heavy (non-hydrogen) atoms. The molecule has 0 aliphatic rings. The minimum Gasteiger partial charge on any atom is -0.384 e. The highest BCUT2D eigenvalue weighted by atomic mass is 16.1. The van der Waals surface area contributed by atoms with Gasteiger partial charge >= 0.3 is 0 Å². The zero-order valence-corrected chi connectivity index (χ0v) is 9.73. The van der Waals surface area contributed by atoms with Crippen LogP contribution in [-0.4, -0.2) is 42.5 Å². The third kappa shape index (κ3) is 3.86. The van der Waals surface area contributed by atoms with Crippen molar-refractivity contribution >= 4 is 11.7 Å². The number of carbonyl (C=O) groups excluding carboxylic acids is 1. The molecule has 88 valence electrons. The summed E-state index contributed by atoms with van der Waals surface area (Å²) >= 11 is 0. The number of rotatable bonds is 5. The van der Waals surface area contributed by atoms with Crippen LogP contribution in [0.4, 0.5) is 5.82 Å². The first-order chi connectivity index (χ1) is 7.63. The predicted molar refractivity (Wildman–Crippen MR) is 64.2 cm³/mol. The second-order valence-corrected chi connectivity index (χ2v) is 3.62. The second kappa shape index (κ2) is 6.07. The van der Waals surface area contributed by atoms with Crippen LogP contribution < -0.4 is 11.1 Å². The van der Waals surface area contributed by atoms with Gasteiger partial charge in [-0.3, -0.25) is 4.79 Å². The van der Waals surface area contributed by atoms with Gasteiger partial charge in [0.1, 0.15) is 5.82 Å². The number of amides is 1. The molecule has 1 aromatic heterocycles. The zero-order valence-electron chi connectivity index (χ0n) is 9.73. The number of pyridine rings is 1. The normalized spacial score (nSPS) is 10.4.